The van der Waals surface area contributed by atoms with Gasteiger partial charge in [0.15, 0.2) is 0 Å². The van der Waals surface area contributed by atoms with Gasteiger partial charge in [0.2, 0.25) is 15.9 Å². The number of halogens is 2. The van der Waals surface area contributed by atoms with Gasteiger partial charge in [-0.2, -0.15) is 4.31 Å². The van der Waals surface area contributed by atoms with Crippen LogP contribution in [0.3, 0.4) is 0 Å². The fourth-order valence-electron chi connectivity index (χ4n) is 2.64. The summed E-state index contributed by atoms with van der Waals surface area (Å²) in [5, 5.41) is 5.32. The van der Waals surface area contributed by atoms with Crippen LogP contribution in [0.5, 0.6) is 0 Å². The maximum Gasteiger partial charge on any atom is 0.255 e. The number of nitrogens with one attached hydrogen (secondary N) is 2. The van der Waals surface area contributed by atoms with E-state index in [4.69, 9.17) is 11.6 Å². The molecule has 2 amide bonds. The monoisotopic (exact) mass is 441 g/mol. The van der Waals surface area contributed by atoms with Gasteiger partial charge in [-0.05, 0) is 36.4 Å². The summed E-state index contributed by atoms with van der Waals surface area (Å²) in [5.74, 6) is -1.92. The molecule has 0 aliphatic carbocycles. The molecule has 2 rings (SSSR count). The molecule has 0 fully saturated rings. The maximum atomic E-state index is 14.2. The number of amides is 2. The van der Waals surface area contributed by atoms with Crippen LogP contribution in [0.4, 0.5) is 15.8 Å². The Morgan fingerprint density at radius 2 is 1.72 bits per heavy atom. The molecular formula is C19H21ClFN3O4S. The molecule has 29 heavy (non-hydrogen) atoms. The smallest absolute Gasteiger partial charge is 0.255 e. The molecule has 0 unspecified atom stereocenters. The lowest BCUT2D eigenvalue weighted by atomic mass is 10.2. The Balaban J connectivity index is 2.37. The Hall–Kier alpha value is -2.49. The van der Waals surface area contributed by atoms with Gasteiger partial charge in [-0.3, -0.25) is 9.59 Å². The first-order valence-corrected chi connectivity index (χ1v) is 10.6. The van der Waals surface area contributed by atoms with Gasteiger partial charge in [-0.25, -0.2) is 12.8 Å². The second-order valence-electron chi connectivity index (χ2n) is 6.06. The van der Waals surface area contributed by atoms with E-state index in [0.29, 0.717) is 5.69 Å². The van der Waals surface area contributed by atoms with Crippen molar-refractivity contribution in [2.75, 3.05) is 23.7 Å². The van der Waals surface area contributed by atoms with Gasteiger partial charge in [-0.1, -0.05) is 25.4 Å². The molecule has 0 bridgehead atoms. The lowest BCUT2D eigenvalue weighted by molar-refractivity contribution is -0.114. The summed E-state index contributed by atoms with van der Waals surface area (Å²) in [4.78, 5) is 23.2. The van der Waals surface area contributed by atoms with Gasteiger partial charge in [0.1, 0.15) is 10.7 Å². The molecule has 0 heterocycles. The number of carbonyl (C=O) groups excluding carboxylic acids is 2. The largest absolute Gasteiger partial charge is 0.326 e. The first kappa shape index (κ1) is 22.8. The summed E-state index contributed by atoms with van der Waals surface area (Å²) < 4.78 is 40.6. The number of hydrogen-bond acceptors (Lipinski definition) is 4. The van der Waals surface area contributed by atoms with Crippen molar-refractivity contribution in [3.8, 4) is 0 Å². The molecule has 0 aliphatic rings. The number of nitrogens with zero attached hydrogens (tertiary/aromatic N) is 1. The third-order valence-electron chi connectivity index (χ3n) is 4.05. The Morgan fingerprint density at radius 1 is 1.07 bits per heavy atom. The zero-order chi connectivity index (χ0) is 21.8. The molecule has 156 valence electrons. The zero-order valence-corrected chi connectivity index (χ0v) is 17.7. The highest BCUT2D eigenvalue weighted by atomic mass is 35.5. The molecule has 7 nitrogen and oxygen atoms in total. The molecule has 0 aromatic heterocycles. The summed E-state index contributed by atoms with van der Waals surface area (Å²) in [6.45, 7) is 4.95. The van der Waals surface area contributed by atoms with E-state index in [0.717, 1.165) is 16.4 Å². The molecular weight excluding hydrogens is 421 g/mol. The van der Waals surface area contributed by atoms with Crippen LogP contribution in [0.25, 0.3) is 0 Å². The van der Waals surface area contributed by atoms with Gasteiger partial charge in [0.25, 0.3) is 5.91 Å². The van der Waals surface area contributed by atoms with Crippen molar-refractivity contribution in [2.45, 2.75) is 25.7 Å². The fraction of sp³-hybridized carbons (Fsp3) is 0.263. The van der Waals surface area contributed by atoms with Crippen molar-refractivity contribution in [3.05, 3.63) is 52.8 Å². The van der Waals surface area contributed by atoms with Gasteiger partial charge < -0.3 is 10.6 Å². The lowest BCUT2D eigenvalue weighted by Gasteiger charge is -2.19. The van der Waals surface area contributed by atoms with E-state index in [1.807, 2.05) is 0 Å². The first-order valence-electron chi connectivity index (χ1n) is 8.78. The molecule has 0 radical (unpaired) electrons. The topological polar surface area (TPSA) is 95.6 Å². The second-order valence-corrected chi connectivity index (χ2v) is 8.38. The van der Waals surface area contributed by atoms with Crippen LogP contribution in [-0.2, 0) is 14.8 Å². The normalized spacial score (nSPS) is 11.4. The number of carbonyl (C=O) groups is 2. The highest BCUT2D eigenvalue weighted by molar-refractivity contribution is 7.89. The molecule has 0 spiro atoms. The van der Waals surface area contributed by atoms with Crippen LogP contribution in [0.1, 0.15) is 31.1 Å². The minimum Gasteiger partial charge on any atom is -0.326 e. The molecule has 0 aliphatic heterocycles. The Kier molecular flexibility index (Phi) is 7.34. The van der Waals surface area contributed by atoms with Gasteiger partial charge in [0.05, 0.1) is 10.7 Å². The second kappa shape index (κ2) is 9.34. The fourth-order valence-corrected chi connectivity index (χ4v) is 4.35. The summed E-state index contributed by atoms with van der Waals surface area (Å²) >= 11 is 6.08. The third-order valence-corrected chi connectivity index (χ3v) is 6.45. The number of anilines is 2. The standard InChI is InChI=1S/C19H21ClFN3O4S/c1-4-24(5-2)29(27,28)18-10-13(6-9-16(18)21)19(26)23-17-11-14(22-12(3)25)7-8-15(17)20/h6-11H,4-5H2,1-3H3,(H,22,25)(H,23,26). The average molecular weight is 442 g/mol. The zero-order valence-electron chi connectivity index (χ0n) is 16.1. The van der Waals surface area contributed by atoms with Crippen LogP contribution < -0.4 is 10.6 Å². The molecule has 0 atom stereocenters. The minimum atomic E-state index is -4.08. The predicted molar refractivity (Wildman–Crippen MR) is 110 cm³/mol. The number of benzene rings is 2. The van der Waals surface area contributed by atoms with E-state index in [9.17, 15) is 22.4 Å². The molecule has 0 saturated heterocycles. The number of sulfonamides is 1. The van der Waals surface area contributed by atoms with Crippen LogP contribution in [0, 0.1) is 5.82 Å². The van der Waals surface area contributed by atoms with Crippen LogP contribution in [0.15, 0.2) is 41.3 Å². The quantitative estimate of drug-likeness (QED) is 0.684. The summed E-state index contributed by atoms with van der Waals surface area (Å²) in [6.07, 6.45) is 0. The van der Waals surface area contributed by atoms with Crippen molar-refractivity contribution in [2.24, 2.45) is 0 Å². The van der Waals surface area contributed by atoms with Crippen LogP contribution in [0.2, 0.25) is 5.02 Å². The maximum absolute atomic E-state index is 14.2. The highest BCUT2D eigenvalue weighted by Crippen LogP contribution is 2.27. The van der Waals surface area contributed by atoms with Gasteiger partial charge >= 0.3 is 0 Å². The van der Waals surface area contributed by atoms with E-state index in [1.165, 1.54) is 25.1 Å². The van der Waals surface area contributed by atoms with Gasteiger partial charge in [0, 0.05) is 31.3 Å². The van der Waals surface area contributed by atoms with E-state index in [2.05, 4.69) is 10.6 Å². The summed E-state index contributed by atoms with van der Waals surface area (Å²) in [6, 6.07) is 7.61. The highest BCUT2D eigenvalue weighted by Gasteiger charge is 2.26. The van der Waals surface area contributed by atoms with Crippen molar-refractivity contribution in [3.63, 3.8) is 0 Å². The van der Waals surface area contributed by atoms with Gasteiger partial charge in [-0.15, -0.1) is 0 Å². The van der Waals surface area contributed by atoms with Crippen molar-refractivity contribution in [1.29, 1.82) is 0 Å². The SMILES string of the molecule is CCN(CC)S(=O)(=O)c1cc(C(=O)Nc2cc(NC(C)=O)ccc2Cl)ccc1F. The Bertz CT molecular complexity index is 1040. The predicted octanol–water partition coefficient (Wildman–Crippen LogP) is 3.72. The van der Waals surface area contributed by atoms with Crippen molar-refractivity contribution >= 4 is 44.8 Å². The van der Waals surface area contributed by atoms with Crippen molar-refractivity contribution in [1.82, 2.24) is 4.31 Å². The summed E-state index contributed by atoms with van der Waals surface area (Å²) in [5.41, 5.74) is 0.569. The van der Waals surface area contributed by atoms with E-state index in [-0.39, 0.29) is 35.3 Å². The first-order chi connectivity index (χ1) is 13.6. The Labute approximate surface area is 173 Å². The molecule has 2 aromatic rings. The van der Waals surface area contributed by atoms with E-state index < -0.39 is 26.6 Å². The van der Waals surface area contributed by atoms with Crippen molar-refractivity contribution < 1.29 is 22.4 Å². The summed E-state index contributed by atoms with van der Waals surface area (Å²) in [7, 11) is -4.08. The van der Waals surface area contributed by atoms with Crippen LogP contribution >= 0.6 is 11.6 Å². The average Bonchev–Trinajstić information content (AvgIpc) is 2.65. The molecule has 2 N–H and O–H groups in total. The number of hydrogen-bond donors (Lipinski definition) is 2. The number of rotatable bonds is 7. The third kappa shape index (κ3) is 5.31. The minimum absolute atomic E-state index is 0.0573. The lowest BCUT2D eigenvalue weighted by Crippen LogP contribution is -2.31. The van der Waals surface area contributed by atoms with E-state index >= 15 is 0 Å². The van der Waals surface area contributed by atoms with E-state index in [1.54, 1.807) is 19.9 Å². The van der Waals surface area contributed by atoms with Crippen LogP contribution in [-0.4, -0.2) is 37.6 Å². The molecule has 2 aromatic carbocycles. The Morgan fingerprint density at radius 3 is 2.31 bits per heavy atom. The molecule has 0 saturated carbocycles. The molecule has 10 heteroatoms.